The van der Waals surface area contributed by atoms with Crippen LogP contribution in [0.2, 0.25) is 0 Å². The lowest BCUT2D eigenvalue weighted by molar-refractivity contribution is -0.0999. The van der Waals surface area contributed by atoms with Gasteiger partial charge < -0.3 is 10.5 Å². The zero-order chi connectivity index (χ0) is 9.24. The molecule has 0 aromatic rings. The first-order valence-electron chi connectivity index (χ1n) is 4.45. The van der Waals surface area contributed by atoms with Crippen molar-refractivity contribution in [1.29, 1.82) is 0 Å². The van der Waals surface area contributed by atoms with Crippen LogP contribution in [-0.4, -0.2) is 13.2 Å². The molecule has 2 nitrogen and oxygen atoms in total. The highest BCUT2D eigenvalue weighted by Gasteiger charge is 2.39. The maximum atomic E-state index is 5.41. The Kier molecular flexibility index (Phi) is 2.47. The van der Waals surface area contributed by atoms with E-state index in [4.69, 9.17) is 10.5 Å². The van der Waals surface area contributed by atoms with Crippen LogP contribution in [0.5, 0.6) is 0 Å². The number of ether oxygens (including phenoxy) is 1. The second kappa shape index (κ2) is 3.09. The third-order valence-corrected chi connectivity index (χ3v) is 2.11. The van der Waals surface area contributed by atoms with E-state index in [0.29, 0.717) is 5.41 Å². The highest BCUT2D eigenvalue weighted by atomic mass is 16.5. The van der Waals surface area contributed by atoms with Crippen LogP contribution in [0.25, 0.3) is 0 Å². The summed E-state index contributed by atoms with van der Waals surface area (Å²) in [5.74, 6) is 0. The van der Waals surface area contributed by atoms with Crippen LogP contribution >= 0.6 is 0 Å². The summed E-state index contributed by atoms with van der Waals surface area (Å²) in [6.45, 7) is 8.40. The molecule has 1 heterocycles. The largest absolute Gasteiger partial charge is 0.405 e. The fraction of sp³-hybridized carbons (Fsp3) is 0.800. The van der Waals surface area contributed by atoms with Crippen LogP contribution < -0.4 is 5.73 Å². The van der Waals surface area contributed by atoms with E-state index in [-0.39, 0.29) is 5.41 Å². The minimum Gasteiger partial charge on any atom is -0.405 e. The summed E-state index contributed by atoms with van der Waals surface area (Å²) in [5.41, 5.74) is 5.99. The average Bonchev–Trinajstić information content (AvgIpc) is 1.80. The van der Waals surface area contributed by atoms with Crippen molar-refractivity contribution in [1.82, 2.24) is 0 Å². The van der Waals surface area contributed by atoms with Crippen LogP contribution in [0.15, 0.2) is 12.3 Å². The molecule has 2 N–H and O–H groups in total. The van der Waals surface area contributed by atoms with E-state index in [1.165, 1.54) is 0 Å². The Bertz CT molecular complexity index is 175. The zero-order valence-electron chi connectivity index (χ0n) is 8.26. The zero-order valence-corrected chi connectivity index (χ0v) is 8.26. The quantitative estimate of drug-likeness (QED) is 0.685. The third-order valence-electron chi connectivity index (χ3n) is 2.11. The molecule has 0 saturated carbocycles. The molecule has 0 radical (unpaired) electrons. The molecule has 12 heavy (non-hydrogen) atoms. The maximum absolute atomic E-state index is 5.41. The summed E-state index contributed by atoms with van der Waals surface area (Å²) >= 11 is 0. The molecule has 1 saturated heterocycles. The summed E-state index contributed by atoms with van der Waals surface area (Å²) in [7, 11) is 0. The predicted molar refractivity (Wildman–Crippen MR) is 50.7 cm³/mol. The molecule has 1 rings (SSSR count). The molecule has 2 heteroatoms. The van der Waals surface area contributed by atoms with Gasteiger partial charge in [0, 0.05) is 5.41 Å². The Morgan fingerprint density at radius 2 is 2.00 bits per heavy atom. The molecule has 0 unspecified atom stereocenters. The molecule has 1 aliphatic rings. The van der Waals surface area contributed by atoms with Gasteiger partial charge in [0.05, 0.1) is 13.2 Å². The number of hydrogen-bond acceptors (Lipinski definition) is 2. The van der Waals surface area contributed by atoms with Crippen molar-refractivity contribution in [2.75, 3.05) is 13.2 Å². The first kappa shape index (κ1) is 9.59. The second-order valence-electron chi connectivity index (χ2n) is 4.95. The van der Waals surface area contributed by atoms with Gasteiger partial charge in [-0.2, -0.15) is 0 Å². The van der Waals surface area contributed by atoms with Crippen LogP contribution in [0.4, 0.5) is 0 Å². The van der Waals surface area contributed by atoms with Crippen LogP contribution in [0.1, 0.15) is 27.2 Å². The molecule has 0 amide bonds. The van der Waals surface area contributed by atoms with Crippen LogP contribution in [0, 0.1) is 10.8 Å². The first-order valence-corrected chi connectivity index (χ1v) is 4.45. The standard InChI is InChI=1S/C10H19NO/c1-9(2,3)6-10(4-5-11)7-12-8-10/h4-5H,6-8,11H2,1-3H3/b5-4+. The third kappa shape index (κ3) is 2.24. The smallest absolute Gasteiger partial charge is 0.0580 e. The Morgan fingerprint density at radius 3 is 2.25 bits per heavy atom. The van der Waals surface area contributed by atoms with Gasteiger partial charge in [0.1, 0.15) is 0 Å². The molecular weight excluding hydrogens is 150 g/mol. The molecule has 0 atom stereocenters. The topological polar surface area (TPSA) is 35.2 Å². The highest BCUT2D eigenvalue weighted by Crippen LogP contribution is 2.40. The molecule has 0 aromatic carbocycles. The monoisotopic (exact) mass is 169 g/mol. The number of rotatable bonds is 2. The van der Waals surface area contributed by atoms with Crippen molar-refractivity contribution in [3.63, 3.8) is 0 Å². The van der Waals surface area contributed by atoms with Gasteiger partial charge in [-0.15, -0.1) is 0 Å². The van der Waals surface area contributed by atoms with E-state index in [2.05, 4.69) is 26.8 Å². The van der Waals surface area contributed by atoms with Crippen LogP contribution in [-0.2, 0) is 4.74 Å². The van der Waals surface area contributed by atoms with Crippen molar-refractivity contribution in [3.8, 4) is 0 Å². The Hall–Kier alpha value is -0.500. The molecule has 1 aliphatic heterocycles. The van der Waals surface area contributed by atoms with Gasteiger partial charge in [-0.3, -0.25) is 0 Å². The molecule has 0 bridgehead atoms. The Morgan fingerprint density at radius 1 is 1.42 bits per heavy atom. The Labute approximate surface area is 74.8 Å². The Balaban J connectivity index is 2.56. The van der Waals surface area contributed by atoms with Crippen molar-refractivity contribution >= 4 is 0 Å². The molecule has 0 spiro atoms. The second-order valence-corrected chi connectivity index (χ2v) is 4.95. The van der Waals surface area contributed by atoms with E-state index >= 15 is 0 Å². The van der Waals surface area contributed by atoms with Crippen molar-refractivity contribution in [3.05, 3.63) is 12.3 Å². The van der Waals surface area contributed by atoms with E-state index in [9.17, 15) is 0 Å². The summed E-state index contributed by atoms with van der Waals surface area (Å²) in [5, 5.41) is 0. The predicted octanol–water partition coefficient (Wildman–Crippen LogP) is 1.91. The number of nitrogens with two attached hydrogens (primary N) is 1. The van der Waals surface area contributed by atoms with Gasteiger partial charge >= 0.3 is 0 Å². The van der Waals surface area contributed by atoms with E-state index in [0.717, 1.165) is 19.6 Å². The molecule has 0 aliphatic carbocycles. The van der Waals surface area contributed by atoms with E-state index in [1.807, 2.05) is 0 Å². The van der Waals surface area contributed by atoms with E-state index < -0.39 is 0 Å². The average molecular weight is 169 g/mol. The maximum Gasteiger partial charge on any atom is 0.0580 e. The van der Waals surface area contributed by atoms with Gasteiger partial charge in [0.25, 0.3) is 0 Å². The fourth-order valence-electron chi connectivity index (χ4n) is 1.88. The van der Waals surface area contributed by atoms with Crippen molar-refractivity contribution in [2.45, 2.75) is 27.2 Å². The summed E-state index contributed by atoms with van der Waals surface area (Å²) in [6, 6.07) is 0. The van der Waals surface area contributed by atoms with Crippen LogP contribution in [0.3, 0.4) is 0 Å². The van der Waals surface area contributed by atoms with Gasteiger partial charge in [0.2, 0.25) is 0 Å². The van der Waals surface area contributed by atoms with Gasteiger partial charge in [-0.05, 0) is 18.0 Å². The molecule has 0 aromatic heterocycles. The van der Waals surface area contributed by atoms with Gasteiger partial charge in [-0.1, -0.05) is 26.8 Å². The van der Waals surface area contributed by atoms with E-state index in [1.54, 1.807) is 6.20 Å². The SMILES string of the molecule is CC(C)(C)CC1(/C=C/N)COC1. The minimum atomic E-state index is 0.229. The lowest BCUT2D eigenvalue weighted by atomic mass is 9.72. The van der Waals surface area contributed by atoms with Crippen molar-refractivity contribution < 1.29 is 4.74 Å². The summed E-state index contributed by atoms with van der Waals surface area (Å²) in [6.07, 6.45) is 4.88. The van der Waals surface area contributed by atoms with Gasteiger partial charge in [-0.25, -0.2) is 0 Å². The summed E-state index contributed by atoms with van der Waals surface area (Å²) < 4.78 is 5.23. The normalized spacial score (nSPS) is 22.6. The first-order chi connectivity index (χ1) is 5.47. The molecule has 70 valence electrons. The lowest BCUT2D eigenvalue weighted by Crippen LogP contribution is -2.43. The summed E-state index contributed by atoms with van der Waals surface area (Å²) in [4.78, 5) is 0. The van der Waals surface area contributed by atoms with Gasteiger partial charge in [0.15, 0.2) is 0 Å². The fourth-order valence-corrected chi connectivity index (χ4v) is 1.88. The lowest BCUT2D eigenvalue weighted by Gasteiger charge is -2.43. The molecular formula is C10H19NO. The van der Waals surface area contributed by atoms with Crippen molar-refractivity contribution in [2.24, 2.45) is 16.6 Å². The number of hydrogen-bond donors (Lipinski definition) is 1. The highest BCUT2D eigenvalue weighted by molar-refractivity contribution is 5.04. The molecule has 1 fully saturated rings. The minimum absolute atomic E-state index is 0.229.